The molecule has 0 radical (unpaired) electrons. The van der Waals surface area contributed by atoms with Crippen LogP contribution in [0.15, 0.2) is 46.9 Å². The molecule has 0 saturated carbocycles. The molecule has 0 aromatic heterocycles. The van der Waals surface area contributed by atoms with Gasteiger partial charge in [-0.25, -0.2) is 0 Å². The second-order valence-electron chi connectivity index (χ2n) is 4.40. The molecule has 6 heteroatoms. The second kappa shape index (κ2) is 6.49. The first kappa shape index (κ1) is 15.9. The van der Waals surface area contributed by atoms with E-state index in [0.717, 1.165) is 16.1 Å². The molecule has 0 amide bonds. The summed E-state index contributed by atoms with van der Waals surface area (Å²) in [6.45, 7) is -0.421. The fraction of sp³-hybridized carbons (Fsp3) is 0.200. The molecular weight excluding hydrogens is 349 g/mol. The largest absolute Gasteiger partial charge is 0.488 e. The zero-order valence-corrected chi connectivity index (χ0v) is 12.4. The minimum absolute atomic E-state index is 0.0288. The molecule has 0 heterocycles. The number of aliphatic hydroxyl groups is 1. The van der Waals surface area contributed by atoms with Gasteiger partial charge in [-0.15, -0.1) is 0 Å². The molecule has 0 aliphatic heterocycles. The maximum Gasteiger partial charge on any atom is 0.419 e. The number of aliphatic hydroxyl groups excluding tert-OH is 1. The minimum atomic E-state index is -4.53. The van der Waals surface area contributed by atoms with Crippen molar-refractivity contribution in [1.29, 1.82) is 0 Å². The molecule has 112 valence electrons. The van der Waals surface area contributed by atoms with Gasteiger partial charge in [0.25, 0.3) is 0 Å². The highest BCUT2D eigenvalue weighted by Gasteiger charge is 2.34. The van der Waals surface area contributed by atoms with Gasteiger partial charge in [0, 0.05) is 4.47 Å². The Kier molecular flexibility index (Phi) is 4.90. The van der Waals surface area contributed by atoms with Crippen molar-refractivity contribution >= 4 is 15.9 Å². The van der Waals surface area contributed by atoms with Crippen molar-refractivity contribution in [3.63, 3.8) is 0 Å². The van der Waals surface area contributed by atoms with E-state index in [9.17, 15) is 13.2 Å². The first-order valence-electron chi connectivity index (χ1n) is 6.08. The summed E-state index contributed by atoms with van der Waals surface area (Å²) in [4.78, 5) is 0. The minimum Gasteiger partial charge on any atom is -0.488 e. The van der Waals surface area contributed by atoms with Crippen molar-refractivity contribution in [3.8, 4) is 5.75 Å². The normalized spacial score (nSPS) is 11.5. The van der Waals surface area contributed by atoms with E-state index in [1.54, 1.807) is 18.2 Å². The van der Waals surface area contributed by atoms with Gasteiger partial charge >= 0.3 is 6.18 Å². The number of benzene rings is 2. The van der Waals surface area contributed by atoms with Gasteiger partial charge in [-0.2, -0.15) is 13.2 Å². The van der Waals surface area contributed by atoms with Crippen molar-refractivity contribution < 1.29 is 23.0 Å². The van der Waals surface area contributed by atoms with Crippen LogP contribution in [0, 0.1) is 0 Å². The van der Waals surface area contributed by atoms with Crippen molar-refractivity contribution in [1.82, 2.24) is 0 Å². The molecule has 2 aromatic rings. The lowest BCUT2D eigenvalue weighted by molar-refractivity contribution is -0.139. The van der Waals surface area contributed by atoms with E-state index in [1.165, 1.54) is 12.1 Å². The highest BCUT2D eigenvalue weighted by Crippen LogP contribution is 2.37. The summed E-state index contributed by atoms with van der Waals surface area (Å²) in [5.41, 5.74) is 0.0601. The van der Waals surface area contributed by atoms with Gasteiger partial charge in [-0.3, -0.25) is 0 Å². The van der Waals surface area contributed by atoms with Gasteiger partial charge in [0.1, 0.15) is 12.4 Å². The lowest BCUT2D eigenvalue weighted by atomic mass is 10.1. The van der Waals surface area contributed by atoms with Gasteiger partial charge < -0.3 is 9.84 Å². The molecule has 0 bridgehead atoms. The van der Waals surface area contributed by atoms with Gasteiger partial charge in [0.2, 0.25) is 0 Å². The van der Waals surface area contributed by atoms with Crippen LogP contribution in [-0.4, -0.2) is 5.11 Å². The molecule has 1 N–H and O–H groups in total. The van der Waals surface area contributed by atoms with Crippen molar-refractivity contribution in [2.24, 2.45) is 0 Å². The Balaban J connectivity index is 2.23. The number of hydrogen-bond acceptors (Lipinski definition) is 2. The molecule has 2 aromatic carbocycles. The van der Waals surface area contributed by atoms with Crippen LogP contribution in [0.3, 0.4) is 0 Å². The maximum absolute atomic E-state index is 13.0. The molecular formula is C15H12BrF3O2. The monoisotopic (exact) mass is 360 g/mol. The van der Waals surface area contributed by atoms with Crippen molar-refractivity contribution in [2.75, 3.05) is 0 Å². The molecule has 0 spiro atoms. The molecule has 0 saturated heterocycles. The highest BCUT2D eigenvalue weighted by molar-refractivity contribution is 9.10. The first-order chi connectivity index (χ1) is 9.90. The molecule has 0 aliphatic rings. The summed E-state index contributed by atoms with van der Waals surface area (Å²) in [5, 5.41) is 8.94. The number of alkyl halides is 3. The summed E-state index contributed by atoms with van der Waals surface area (Å²) in [7, 11) is 0. The average Bonchev–Trinajstić information content (AvgIpc) is 2.44. The quantitative estimate of drug-likeness (QED) is 0.867. The summed E-state index contributed by atoms with van der Waals surface area (Å²) in [6, 6.07) is 10.7. The third-order valence-corrected chi connectivity index (χ3v) is 3.31. The summed E-state index contributed by atoms with van der Waals surface area (Å²) in [5.74, 6) is -0.250. The fourth-order valence-corrected chi connectivity index (χ4v) is 2.26. The third-order valence-electron chi connectivity index (χ3n) is 2.82. The molecule has 0 fully saturated rings. The van der Waals surface area contributed by atoms with E-state index >= 15 is 0 Å². The standard InChI is InChI=1S/C15H12BrF3O2/c16-12-3-1-2-11(6-12)9-21-14-5-4-10(8-20)7-13(14)15(17,18)19/h1-7,20H,8-9H2. The number of hydrogen-bond donors (Lipinski definition) is 1. The molecule has 0 unspecified atom stereocenters. The zero-order chi connectivity index (χ0) is 15.5. The van der Waals surface area contributed by atoms with Gasteiger partial charge in [0.05, 0.1) is 12.2 Å². The van der Waals surface area contributed by atoms with Crippen LogP contribution in [0.4, 0.5) is 13.2 Å². The van der Waals surface area contributed by atoms with E-state index in [1.807, 2.05) is 6.07 Å². The molecule has 21 heavy (non-hydrogen) atoms. The Hall–Kier alpha value is -1.53. The van der Waals surface area contributed by atoms with Crippen molar-refractivity contribution in [3.05, 3.63) is 63.6 Å². The lowest BCUT2D eigenvalue weighted by Gasteiger charge is -2.15. The Labute approximate surface area is 128 Å². The maximum atomic E-state index is 13.0. The van der Waals surface area contributed by atoms with Crippen LogP contribution in [-0.2, 0) is 19.4 Å². The smallest absolute Gasteiger partial charge is 0.419 e. The second-order valence-corrected chi connectivity index (χ2v) is 5.32. The fourth-order valence-electron chi connectivity index (χ4n) is 1.81. The Morgan fingerprint density at radius 2 is 1.81 bits per heavy atom. The lowest BCUT2D eigenvalue weighted by Crippen LogP contribution is -2.09. The topological polar surface area (TPSA) is 29.5 Å². The molecule has 0 atom stereocenters. The van der Waals surface area contributed by atoms with Crippen LogP contribution < -0.4 is 4.74 Å². The van der Waals surface area contributed by atoms with Crippen LogP contribution in [0.25, 0.3) is 0 Å². The van der Waals surface area contributed by atoms with Crippen LogP contribution in [0.5, 0.6) is 5.75 Å². The van der Waals surface area contributed by atoms with E-state index in [0.29, 0.717) is 0 Å². The Bertz CT molecular complexity index is 627. The molecule has 2 rings (SSSR count). The number of rotatable bonds is 4. The Morgan fingerprint density at radius 3 is 2.43 bits per heavy atom. The van der Waals surface area contributed by atoms with Crippen LogP contribution in [0.1, 0.15) is 16.7 Å². The summed E-state index contributed by atoms with van der Waals surface area (Å²) in [6.07, 6.45) is -4.53. The highest BCUT2D eigenvalue weighted by atomic mass is 79.9. The van der Waals surface area contributed by atoms with E-state index < -0.39 is 18.3 Å². The molecule has 0 aliphatic carbocycles. The van der Waals surface area contributed by atoms with E-state index in [4.69, 9.17) is 9.84 Å². The Morgan fingerprint density at radius 1 is 1.05 bits per heavy atom. The zero-order valence-electron chi connectivity index (χ0n) is 10.8. The van der Waals surface area contributed by atoms with Crippen LogP contribution in [0.2, 0.25) is 0 Å². The van der Waals surface area contributed by atoms with Crippen LogP contribution >= 0.6 is 15.9 Å². The number of halogens is 4. The predicted octanol–water partition coefficient (Wildman–Crippen LogP) is 4.54. The molecule has 2 nitrogen and oxygen atoms in total. The number of ether oxygens (including phenoxy) is 1. The van der Waals surface area contributed by atoms with Crippen molar-refractivity contribution in [2.45, 2.75) is 19.4 Å². The summed E-state index contributed by atoms with van der Waals surface area (Å²) < 4.78 is 45.1. The first-order valence-corrected chi connectivity index (χ1v) is 6.87. The van der Waals surface area contributed by atoms with Gasteiger partial charge in [0.15, 0.2) is 0 Å². The van der Waals surface area contributed by atoms with E-state index in [-0.39, 0.29) is 17.9 Å². The summed E-state index contributed by atoms with van der Waals surface area (Å²) >= 11 is 3.29. The third kappa shape index (κ3) is 4.22. The van der Waals surface area contributed by atoms with Gasteiger partial charge in [-0.05, 0) is 35.4 Å². The van der Waals surface area contributed by atoms with Gasteiger partial charge in [-0.1, -0.05) is 34.1 Å². The van der Waals surface area contributed by atoms with E-state index in [2.05, 4.69) is 15.9 Å². The predicted molar refractivity (Wildman–Crippen MR) is 75.8 cm³/mol. The SMILES string of the molecule is OCc1ccc(OCc2cccc(Br)c2)c(C(F)(F)F)c1. The average molecular weight is 361 g/mol.